The largest absolute Gasteiger partial charge is 0.316 e. The van der Waals surface area contributed by atoms with E-state index in [2.05, 4.69) is 5.32 Å². The van der Waals surface area contributed by atoms with Gasteiger partial charge in [0.25, 0.3) is 0 Å². The molecule has 2 rings (SSSR count). The third kappa shape index (κ3) is 3.06. The first kappa shape index (κ1) is 13.9. The maximum Gasteiger partial charge on any atom is 0.243 e. The molecule has 1 N–H and O–H groups in total. The standard InChI is InChI=1S/C12H18N2O2S2/c1-13-10-11-2-4-12(5-3-11)18(15,16)14-6-8-17-9-7-14/h2-5,13H,6-10H2,1H3. The van der Waals surface area contributed by atoms with Crippen molar-refractivity contribution in [1.29, 1.82) is 0 Å². The molecule has 0 radical (unpaired) electrons. The minimum atomic E-state index is -3.29. The van der Waals surface area contributed by atoms with E-state index in [0.717, 1.165) is 23.6 Å². The molecule has 0 aromatic heterocycles. The van der Waals surface area contributed by atoms with Crippen molar-refractivity contribution in [2.45, 2.75) is 11.4 Å². The lowest BCUT2D eigenvalue weighted by atomic mass is 10.2. The summed E-state index contributed by atoms with van der Waals surface area (Å²) in [7, 11) is -1.42. The van der Waals surface area contributed by atoms with Crippen molar-refractivity contribution in [3.63, 3.8) is 0 Å². The van der Waals surface area contributed by atoms with E-state index in [1.807, 2.05) is 19.2 Å². The van der Waals surface area contributed by atoms with Gasteiger partial charge >= 0.3 is 0 Å². The lowest BCUT2D eigenvalue weighted by Gasteiger charge is -2.25. The molecule has 4 nitrogen and oxygen atoms in total. The number of rotatable bonds is 4. The molecule has 6 heteroatoms. The molecule has 1 aliphatic heterocycles. The molecule has 18 heavy (non-hydrogen) atoms. The molecule has 1 saturated heterocycles. The van der Waals surface area contributed by atoms with Crippen LogP contribution in [-0.2, 0) is 16.6 Å². The zero-order valence-corrected chi connectivity index (χ0v) is 12.1. The Bertz CT molecular complexity index is 479. The molecule has 1 aromatic carbocycles. The molecule has 0 saturated carbocycles. The number of benzene rings is 1. The molecule has 0 amide bonds. The summed E-state index contributed by atoms with van der Waals surface area (Å²) >= 11 is 1.80. The van der Waals surface area contributed by atoms with Crippen LogP contribution in [0.15, 0.2) is 29.2 Å². The van der Waals surface area contributed by atoms with E-state index in [0.29, 0.717) is 18.0 Å². The monoisotopic (exact) mass is 286 g/mol. The van der Waals surface area contributed by atoms with E-state index < -0.39 is 10.0 Å². The van der Waals surface area contributed by atoms with Crippen LogP contribution in [0.3, 0.4) is 0 Å². The van der Waals surface area contributed by atoms with Gasteiger partial charge in [-0.25, -0.2) is 8.42 Å². The molecular weight excluding hydrogens is 268 g/mol. The van der Waals surface area contributed by atoms with Gasteiger partial charge in [0, 0.05) is 31.1 Å². The van der Waals surface area contributed by atoms with Gasteiger partial charge in [-0.05, 0) is 24.7 Å². The zero-order valence-electron chi connectivity index (χ0n) is 10.4. The van der Waals surface area contributed by atoms with Gasteiger partial charge in [-0.15, -0.1) is 0 Å². The normalized spacial score (nSPS) is 17.8. The Labute approximate surface area is 113 Å². The van der Waals surface area contributed by atoms with Crippen molar-refractivity contribution < 1.29 is 8.42 Å². The first-order chi connectivity index (χ1) is 8.64. The molecule has 100 valence electrons. The fourth-order valence-corrected chi connectivity index (χ4v) is 4.50. The third-order valence-corrected chi connectivity index (χ3v) is 5.77. The average molecular weight is 286 g/mol. The quantitative estimate of drug-likeness (QED) is 0.902. The van der Waals surface area contributed by atoms with Crippen LogP contribution in [-0.4, -0.2) is 44.4 Å². The zero-order chi connectivity index (χ0) is 13.0. The summed E-state index contributed by atoms with van der Waals surface area (Å²) < 4.78 is 26.3. The van der Waals surface area contributed by atoms with Crippen LogP contribution >= 0.6 is 11.8 Å². The minimum absolute atomic E-state index is 0.397. The van der Waals surface area contributed by atoms with E-state index in [4.69, 9.17) is 0 Å². The van der Waals surface area contributed by atoms with E-state index in [9.17, 15) is 8.42 Å². The Morgan fingerprint density at radius 1 is 1.22 bits per heavy atom. The number of nitrogens with one attached hydrogen (secondary N) is 1. The Kier molecular flexibility index (Phi) is 4.66. The summed E-state index contributed by atoms with van der Waals surface area (Å²) in [5, 5.41) is 3.04. The van der Waals surface area contributed by atoms with Crippen molar-refractivity contribution >= 4 is 21.8 Å². The van der Waals surface area contributed by atoms with Crippen LogP contribution in [0.5, 0.6) is 0 Å². The van der Waals surface area contributed by atoms with Gasteiger partial charge in [0.2, 0.25) is 10.0 Å². The molecule has 0 unspecified atom stereocenters. The molecule has 1 heterocycles. The number of hydrogen-bond donors (Lipinski definition) is 1. The van der Waals surface area contributed by atoms with Crippen molar-refractivity contribution in [3.8, 4) is 0 Å². The molecular formula is C12H18N2O2S2. The second-order valence-corrected chi connectivity index (χ2v) is 7.35. The molecule has 0 bridgehead atoms. The highest BCUT2D eigenvalue weighted by atomic mass is 32.2. The molecule has 0 spiro atoms. The Hall–Kier alpha value is -0.560. The first-order valence-corrected chi connectivity index (χ1v) is 8.55. The first-order valence-electron chi connectivity index (χ1n) is 5.96. The van der Waals surface area contributed by atoms with Crippen LogP contribution in [0, 0.1) is 0 Å². The average Bonchev–Trinajstić information content (AvgIpc) is 2.41. The number of nitrogens with zero attached hydrogens (tertiary/aromatic N) is 1. The molecule has 0 aliphatic carbocycles. The van der Waals surface area contributed by atoms with Crippen molar-refractivity contribution in [1.82, 2.24) is 9.62 Å². The summed E-state index contributed by atoms with van der Waals surface area (Å²) in [6, 6.07) is 7.12. The lowest BCUT2D eigenvalue weighted by Crippen LogP contribution is -2.37. The van der Waals surface area contributed by atoms with E-state index in [1.165, 1.54) is 0 Å². The second-order valence-electron chi connectivity index (χ2n) is 4.19. The van der Waals surface area contributed by atoms with Gasteiger partial charge in [0.05, 0.1) is 4.90 Å². The maximum atomic E-state index is 12.4. The summed E-state index contributed by atoms with van der Waals surface area (Å²) in [4.78, 5) is 0.397. The van der Waals surface area contributed by atoms with Crippen molar-refractivity contribution in [3.05, 3.63) is 29.8 Å². The van der Waals surface area contributed by atoms with E-state index in [-0.39, 0.29) is 0 Å². The summed E-state index contributed by atoms with van der Waals surface area (Å²) in [6.07, 6.45) is 0. The Balaban J connectivity index is 2.18. The molecule has 0 atom stereocenters. The molecule has 1 aliphatic rings. The molecule has 1 fully saturated rings. The van der Waals surface area contributed by atoms with Crippen LogP contribution < -0.4 is 5.32 Å². The minimum Gasteiger partial charge on any atom is -0.316 e. The van der Waals surface area contributed by atoms with Crippen LogP contribution in [0.4, 0.5) is 0 Å². The predicted octanol–water partition coefficient (Wildman–Crippen LogP) is 1.14. The number of thioether (sulfide) groups is 1. The number of sulfonamides is 1. The Morgan fingerprint density at radius 2 is 1.83 bits per heavy atom. The van der Waals surface area contributed by atoms with Gasteiger partial charge in [0.1, 0.15) is 0 Å². The van der Waals surface area contributed by atoms with Crippen LogP contribution in [0.25, 0.3) is 0 Å². The summed E-state index contributed by atoms with van der Waals surface area (Å²) in [5.74, 6) is 1.77. The second kappa shape index (κ2) is 6.06. The lowest BCUT2D eigenvalue weighted by molar-refractivity contribution is 0.443. The van der Waals surface area contributed by atoms with E-state index in [1.54, 1.807) is 28.2 Å². The predicted molar refractivity (Wildman–Crippen MR) is 75.3 cm³/mol. The van der Waals surface area contributed by atoms with Gasteiger partial charge < -0.3 is 5.32 Å². The molecule has 1 aromatic rings. The SMILES string of the molecule is CNCc1ccc(S(=O)(=O)N2CCSCC2)cc1. The smallest absolute Gasteiger partial charge is 0.243 e. The third-order valence-electron chi connectivity index (χ3n) is 2.91. The summed E-state index contributed by atoms with van der Waals surface area (Å²) in [6.45, 7) is 1.98. The topological polar surface area (TPSA) is 49.4 Å². The Morgan fingerprint density at radius 3 is 2.39 bits per heavy atom. The van der Waals surface area contributed by atoms with Gasteiger partial charge in [0.15, 0.2) is 0 Å². The van der Waals surface area contributed by atoms with Gasteiger partial charge in [-0.2, -0.15) is 16.1 Å². The number of hydrogen-bond acceptors (Lipinski definition) is 4. The fraction of sp³-hybridized carbons (Fsp3) is 0.500. The highest BCUT2D eigenvalue weighted by Crippen LogP contribution is 2.20. The maximum absolute atomic E-state index is 12.4. The van der Waals surface area contributed by atoms with Gasteiger partial charge in [-0.3, -0.25) is 0 Å². The van der Waals surface area contributed by atoms with Crippen LogP contribution in [0.1, 0.15) is 5.56 Å². The highest BCUT2D eigenvalue weighted by Gasteiger charge is 2.25. The van der Waals surface area contributed by atoms with Crippen molar-refractivity contribution in [2.24, 2.45) is 0 Å². The summed E-state index contributed by atoms with van der Waals surface area (Å²) in [5.41, 5.74) is 1.09. The van der Waals surface area contributed by atoms with Crippen molar-refractivity contribution in [2.75, 3.05) is 31.6 Å². The van der Waals surface area contributed by atoms with E-state index >= 15 is 0 Å². The van der Waals surface area contributed by atoms with Crippen LogP contribution in [0.2, 0.25) is 0 Å². The fourth-order valence-electron chi connectivity index (χ4n) is 1.92. The van der Waals surface area contributed by atoms with Gasteiger partial charge in [-0.1, -0.05) is 12.1 Å². The highest BCUT2D eigenvalue weighted by molar-refractivity contribution is 7.99.